The van der Waals surface area contributed by atoms with Crippen molar-refractivity contribution >= 4 is 28.9 Å². The molecule has 1 saturated heterocycles. The van der Waals surface area contributed by atoms with Crippen LogP contribution in [0.15, 0.2) is 42.5 Å². The van der Waals surface area contributed by atoms with Crippen LogP contribution in [0.1, 0.15) is 39.2 Å². The molecule has 0 spiro atoms. The fraction of sp³-hybridized carbons (Fsp3) is 0.409. The summed E-state index contributed by atoms with van der Waals surface area (Å²) in [5.74, 6) is 0.488. The summed E-state index contributed by atoms with van der Waals surface area (Å²) in [5, 5.41) is 3.60. The number of hydrogen-bond donors (Lipinski definition) is 1. The van der Waals surface area contributed by atoms with E-state index in [-0.39, 0.29) is 17.9 Å². The molecule has 1 amide bonds. The van der Waals surface area contributed by atoms with Gasteiger partial charge in [0, 0.05) is 13.1 Å². The number of anilines is 2. The number of hydrogen-bond acceptors (Lipinski definition) is 3. The molecule has 5 heteroatoms. The zero-order valence-electron chi connectivity index (χ0n) is 16.2. The molecule has 0 aromatic heterocycles. The van der Waals surface area contributed by atoms with E-state index in [2.05, 4.69) is 31.0 Å². The van der Waals surface area contributed by atoms with Crippen molar-refractivity contribution < 1.29 is 9.53 Å². The Hall–Kier alpha value is -2.20. The van der Waals surface area contributed by atoms with Crippen molar-refractivity contribution in [2.75, 3.05) is 29.9 Å². The predicted molar refractivity (Wildman–Crippen MR) is 112 cm³/mol. The molecular formula is C22H27ClN2O2. The Kier molecular flexibility index (Phi) is 5.95. The number of nitrogens with zero attached hydrogens (tertiary/aromatic N) is 1. The monoisotopic (exact) mass is 386 g/mol. The summed E-state index contributed by atoms with van der Waals surface area (Å²) < 4.78 is 5.64. The third-order valence-electron chi connectivity index (χ3n) is 4.77. The van der Waals surface area contributed by atoms with E-state index in [1.807, 2.05) is 42.5 Å². The minimum Gasteiger partial charge on any atom is -0.484 e. The highest BCUT2D eigenvalue weighted by atomic mass is 35.5. The third-order valence-corrected chi connectivity index (χ3v) is 5.08. The van der Waals surface area contributed by atoms with Gasteiger partial charge in [0.2, 0.25) is 0 Å². The second kappa shape index (κ2) is 8.22. The molecule has 144 valence electrons. The maximum absolute atomic E-state index is 12.4. The Balaban J connectivity index is 1.62. The molecule has 1 aliphatic rings. The van der Waals surface area contributed by atoms with Crippen molar-refractivity contribution in [1.82, 2.24) is 0 Å². The van der Waals surface area contributed by atoms with Crippen molar-refractivity contribution in [3.05, 3.63) is 53.1 Å². The summed E-state index contributed by atoms with van der Waals surface area (Å²) in [6.45, 7) is 8.38. The largest absolute Gasteiger partial charge is 0.484 e. The van der Waals surface area contributed by atoms with Crippen LogP contribution in [0.5, 0.6) is 5.75 Å². The van der Waals surface area contributed by atoms with E-state index in [4.69, 9.17) is 16.3 Å². The normalized spacial score (nSPS) is 14.3. The quantitative estimate of drug-likeness (QED) is 0.762. The van der Waals surface area contributed by atoms with Gasteiger partial charge >= 0.3 is 0 Å². The second-order valence-electron chi connectivity index (χ2n) is 7.94. The predicted octanol–water partition coefficient (Wildman–Crippen LogP) is 5.26. The molecule has 2 aromatic rings. The molecular weight excluding hydrogens is 360 g/mol. The molecule has 4 nitrogen and oxygen atoms in total. The van der Waals surface area contributed by atoms with Crippen molar-refractivity contribution in [3.8, 4) is 5.75 Å². The van der Waals surface area contributed by atoms with Crippen LogP contribution in [-0.4, -0.2) is 25.6 Å². The van der Waals surface area contributed by atoms with Crippen LogP contribution < -0.4 is 15.0 Å². The highest BCUT2D eigenvalue weighted by molar-refractivity contribution is 6.34. The smallest absolute Gasteiger partial charge is 0.262 e. The van der Waals surface area contributed by atoms with E-state index < -0.39 is 0 Å². The van der Waals surface area contributed by atoms with Gasteiger partial charge in [0.15, 0.2) is 6.61 Å². The molecule has 1 aliphatic heterocycles. The molecule has 0 aliphatic carbocycles. The molecule has 2 aromatic carbocycles. The standard InChI is InChI=1S/C22H27ClN2O2/c1-22(2,3)16-9-11-17(12-10-16)27-15-20(26)24-19-8-6-7-18(23)21(19)25-13-4-5-14-25/h6-12H,4-5,13-15H2,1-3H3,(H,24,26). The number of benzene rings is 2. The lowest BCUT2D eigenvalue weighted by Gasteiger charge is -2.23. The first kappa shape index (κ1) is 19.6. The first-order valence-corrected chi connectivity index (χ1v) is 9.79. The Bertz CT molecular complexity index is 791. The summed E-state index contributed by atoms with van der Waals surface area (Å²) in [5.41, 5.74) is 2.96. The van der Waals surface area contributed by atoms with Gasteiger partial charge in [0.05, 0.1) is 16.4 Å². The van der Waals surface area contributed by atoms with Crippen molar-refractivity contribution in [2.24, 2.45) is 0 Å². The molecule has 3 rings (SSSR count). The lowest BCUT2D eigenvalue weighted by Crippen LogP contribution is -2.24. The Morgan fingerprint density at radius 1 is 1.11 bits per heavy atom. The summed E-state index contributed by atoms with van der Waals surface area (Å²) in [4.78, 5) is 14.6. The molecule has 0 bridgehead atoms. The zero-order valence-corrected chi connectivity index (χ0v) is 17.0. The van der Waals surface area contributed by atoms with Crippen LogP contribution in [0.4, 0.5) is 11.4 Å². The van der Waals surface area contributed by atoms with E-state index in [0.717, 1.165) is 37.3 Å². The van der Waals surface area contributed by atoms with E-state index in [9.17, 15) is 4.79 Å². The molecule has 0 saturated carbocycles. The van der Waals surface area contributed by atoms with E-state index in [0.29, 0.717) is 10.8 Å². The Morgan fingerprint density at radius 3 is 2.41 bits per heavy atom. The number of para-hydroxylation sites is 1. The lowest BCUT2D eigenvalue weighted by atomic mass is 9.87. The number of ether oxygens (including phenoxy) is 1. The number of amides is 1. The fourth-order valence-electron chi connectivity index (χ4n) is 3.26. The van der Waals surface area contributed by atoms with Gasteiger partial charge in [-0.1, -0.05) is 50.6 Å². The summed E-state index contributed by atoms with van der Waals surface area (Å²) >= 11 is 6.39. The molecule has 1 heterocycles. The first-order chi connectivity index (χ1) is 12.8. The number of carbonyl (C=O) groups excluding carboxylic acids is 1. The van der Waals surface area contributed by atoms with Gasteiger partial charge in [-0.15, -0.1) is 0 Å². The third kappa shape index (κ3) is 4.95. The van der Waals surface area contributed by atoms with Crippen LogP contribution in [-0.2, 0) is 10.2 Å². The molecule has 0 unspecified atom stereocenters. The molecule has 27 heavy (non-hydrogen) atoms. The van der Waals surface area contributed by atoms with Crippen LogP contribution in [0.2, 0.25) is 5.02 Å². The van der Waals surface area contributed by atoms with Crippen LogP contribution in [0, 0.1) is 0 Å². The number of carbonyl (C=O) groups is 1. The minimum absolute atomic E-state index is 0.0409. The van der Waals surface area contributed by atoms with Crippen molar-refractivity contribution in [1.29, 1.82) is 0 Å². The van der Waals surface area contributed by atoms with Gasteiger partial charge in [-0.3, -0.25) is 4.79 Å². The highest BCUT2D eigenvalue weighted by Crippen LogP contribution is 2.36. The average molecular weight is 387 g/mol. The number of halogens is 1. The van der Waals surface area contributed by atoms with Crippen LogP contribution in [0.3, 0.4) is 0 Å². The maximum Gasteiger partial charge on any atom is 0.262 e. The van der Waals surface area contributed by atoms with Gasteiger partial charge in [-0.25, -0.2) is 0 Å². The van der Waals surface area contributed by atoms with Crippen molar-refractivity contribution in [2.45, 2.75) is 39.0 Å². The summed E-state index contributed by atoms with van der Waals surface area (Å²) in [6, 6.07) is 13.5. The average Bonchev–Trinajstić information content (AvgIpc) is 3.14. The molecule has 0 atom stereocenters. The molecule has 0 radical (unpaired) electrons. The Labute approximate surface area is 166 Å². The summed E-state index contributed by atoms with van der Waals surface area (Å²) in [6.07, 6.45) is 2.29. The van der Waals surface area contributed by atoms with Gasteiger partial charge in [-0.05, 0) is 48.1 Å². The topological polar surface area (TPSA) is 41.6 Å². The Morgan fingerprint density at radius 2 is 1.78 bits per heavy atom. The van der Waals surface area contributed by atoms with Gasteiger partial charge in [-0.2, -0.15) is 0 Å². The SMILES string of the molecule is CC(C)(C)c1ccc(OCC(=O)Nc2cccc(Cl)c2N2CCCC2)cc1. The van der Waals surface area contributed by atoms with E-state index in [1.165, 1.54) is 5.56 Å². The maximum atomic E-state index is 12.4. The fourth-order valence-corrected chi connectivity index (χ4v) is 3.56. The number of rotatable bonds is 5. The lowest BCUT2D eigenvalue weighted by molar-refractivity contribution is -0.118. The van der Waals surface area contributed by atoms with Gasteiger partial charge in [0.1, 0.15) is 5.75 Å². The number of nitrogens with one attached hydrogen (secondary N) is 1. The van der Waals surface area contributed by atoms with E-state index in [1.54, 1.807) is 0 Å². The van der Waals surface area contributed by atoms with Gasteiger partial charge < -0.3 is 15.0 Å². The second-order valence-corrected chi connectivity index (χ2v) is 8.35. The van der Waals surface area contributed by atoms with Gasteiger partial charge in [0.25, 0.3) is 5.91 Å². The molecule has 1 N–H and O–H groups in total. The van der Waals surface area contributed by atoms with E-state index >= 15 is 0 Å². The van der Waals surface area contributed by atoms with Crippen molar-refractivity contribution in [3.63, 3.8) is 0 Å². The first-order valence-electron chi connectivity index (χ1n) is 9.41. The molecule has 1 fully saturated rings. The highest BCUT2D eigenvalue weighted by Gasteiger charge is 2.20. The summed E-state index contributed by atoms with van der Waals surface area (Å²) in [7, 11) is 0. The zero-order chi connectivity index (χ0) is 19.4. The minimum atomic E-state index is -0.197. The van der Waals surface area contributed by atoms with Crippen LogP contribution in [0.25, 0.3) is 0 Å². The van der Waals surface area contributed by atoms with Crippen LogP contribution >= 0.6 is 11.6 Å².